The Hall–Kier alpha value is -2.41. The lowest BCUT2D eigenvalue weighted by molar-refractivity contribution is -0.169. The summed E-state index contributed by atoms with van der Waals surface area (Å²) in [4.78, 5) is 36.1. The Bertz CT molecular complexity index is 707. The summed E-state index contributed by atoms with van der Waals surface area (Å²) in [7, 11) is 0. The Labute approximate surface area is 172 Å². The number of unbranched alkanes of at least 4 members (excludes halogenated alkanes) is 2. The van der Waals surface area contributed by atoms with Crippen molar-refractivity contribution in [1.29, 1.82) is 0 Å². The van der Waals surface area contributed by atoms with Crippen LogP contribution in [0.4, 0.5) is 0 Å². The van der Waals surface area contributed by atoms with Gasteiger partial charge in [-0.3, -0.25) is 4.79 Å². The van der Waals surface area contributed by atoms with Crippen molar-refractivity contribution >= 4 is 17.9 Å². The van der Waals surface area contributed by atoms with Crippen molar-refractivity contribution in [2.75, 3.05) is 0 Å². The van der Waals surface area contributed by atoms with Crippen LogP contribution in [-0.2, 0) is 25.5 Å². The number of carboxylic acid groups (broad SMARTS) is 1. The molecule has 0 bridgehead atoms. The molecule has 0 fully saturated rings. The first-order valence-electron chi connectivity index (χ1n) is 9.95. The summed E-state index contributed by atoms with van der Waals surface area (Å²) in [6, 6.07) is 6.28. The van der Waals surface area contributed by atoms with Crippen molar-refractivity contribution in [3.8, 4) is 5.75 Å². The van der Waals surface area contributed by atoms with E-state index >= 15 is 0 Å². The third kappa shape index (κ3) is 7.85. The molecule has 1 aromatic rings. The van der Waals surface area contributed by atoms with Gasteiger partial charge in [0.05, 0.1) is 5.92 Å². The molecule has 1 rings (SSSR count). The van der Waals surface area contributed by atoms with E-state index in [2.05, 4.69) is 6.92 Å². The lowest BCUT2D eigenvalue weighted by Gasteiger charge is -2.28. The van der Waals surface area contributed by atoms with Gasteiger partial charge >= 0.3 is 17.9 Å². The first-order chi connectivity index (χ1) is 13.4. The normalized spacial score (nSPS) is 14.6. The minimum Gasteiger partial charge on any atom is -0.479 e. The largest absolute Gasteiger partial charge is 0.479 e. The molecule has 7 nitrogen and oxygen atoms in total. The zero-order chi connectivity index (χ0) is 22.2. The van der Waals surface area contributed by atoms with Gasteiger partial charge in [0.1, 0.15) is 11.4 Å². The summed E-state index contributed by atoms with van der Waals surface area (Å²) in [5.41, 5.74) is 3.32. The fourth-order valence-corrected chi connectivity index (χ4v) is 2.64. The molecule has 0 spiro atoms. The summed E-state index contributed by atoms with van der Waals surface area (Å²) in [6.07, 6.45) is 3.66. The zero-order valence-electron chi connectivity index (χ0n) is 18.0. The summed E-state index contributed by atoms with van der Waals surface area (Å²) in [5, 5.41) is 9.49. The van der Waals surface area contributed by atoms with Gasteiger partial charge in [0.25, 0.3) is 0 Å². The minimum atomic E-state index is -2.21. The molecule has 3 N–H and O–H groups in total. The van der Waals surface area contributed by atoms with Crippen LogP contribution in [0.1, 0.15) is 65.9 Å². The monoisotopic (exact) mass is 407 g/mol. The van der Waals surface area contributed by atoms with E-state index in [1.807, 2.05) is 6.92 Å². The molecule has 0 aliphatic rings. The zero-order valence-corrected chi connectivity index (χ0v) is 18.0. The fourth-order valence-electron chi connectivity index (χ4n) is 2.64. The highest BCUT2D eigenvalue weighted by molar-refractivity contribution is 6.04. The molecule has 0 amide bonds. The Kier molecular flexibility index (Phi) is 8.82. The van der Waals surface area contributed by atoms with Gasteiger partial charge in [0.2, 0.25) is 5.54 Å². The number of carbonyl (C=O) groups excluding carboxylic acids is 2. The first kappa shape index (κ1) is 24.6. The maximum absolute atomic E-state index is 12.3. The quantitative estimate of drug-likeness (QED) is 0.264. The summed E-state index contributed by atoms with van der Waals surface area (Å²) < 4.78 is 10.5. The molecule has 0 aliphatic heterocycles. The third-order valence-electron chi connectivity index (χ3n) is 4.41. The third-order valence-corrected chi connectivity index (χ3v) is 4.41. The maximum Gasteiger partial charge on any atom is 0.338 e. The van der Waals surface area contributed by atoms with Gasteiger partial charge in [-0.1, -0.05) is 45.2 Å². The SMILES string of the molecule is CCCCCC(C)C(=O)Oc1ccc(CC(N)(C(=O)O)C(=O)OC(C)(C)C)cc1. The molecule has 7 heteroatoms. The van der Waals surface area contributed by atoms with Gasteiger partial charge in [0.15, 0.2) is 0 Å². The van der Waals surface area contributed by atoms with Crippen molar-refractivity contribution in [3.63, 3.8) is 0 Å². The van der Waals surface area contributed by atoms with Crippen LogP contribution in [-0.4, -0.2) is 34.2 Å². The predicted molar refractivity (Wildman–Crippen MR) is 109 cm³/mol. The van der Waals surface area contributed by atoms with Crippen molar-refractivity contribution in [3.05, 3.63) is 29.8 Å². The standard InChI is InChI=1S/C22H33NO6/c1-6-7-8-9-15(2)18(24)28-17-12-10-16(11-13-17)14-22(23,19(25)26)20(27)29-21(3,4)5/h10-13,15H,6-9,14,23H2,1-5H3,(H,25,26). The smallest absolute Gasteiger partial charge is 0.338 e. The van der Waals surface area contributed by atoms with Crippen LogP contribution in [0.3, 0.4) is 0 Å². The van der Waals surface area contributed by atoms with Gasteiger partial charge in [-0.15, -0.1) is 0 Å². The molecule has 0 heterocycles. The summed E-state index contributed by atoms with van der Waals surface area (Å²) in [5.74, 6) is -2.62. The van der Waals surface area contributed by atoms with Crippen LogP contribution >= 0.6 is 0 Å². The van der Waals surface area contributed by atoms with Gasteiger partial charge in [-0.25, -0.2) is 9.59 Å². The number of hydrogen-bond donors (Lipinski definition) is 2. The van der Waals surface area contributed by atoms with E-state index in [4.69, 9.17) is 15.2 Å². The second kappa shape index (κ2) is 10.4. The molecule has 0 aliphatic carbocycles. The number of carbonyl (C=O) groups is 3. The Morgan fingerprint density at radius 1 is 1.10 bits per heavy atom. The molecular formula is C22H33NO6. The highest BCUT2D eigenvalue weighted by atomic mass is 16.6. The minimum absolute atomic E-state index is 0.197. The van der Waals surface area contributed by atoms with Crippen LogP contribution in [0.25, 0.3) is 0 Å². The van der Waals surface area contributed by atoms with Crippen LogP contribution in [0.5, 0.6) is 5.75 Å². The molecule has 162 valence electrons. The van der Waals surface area contributed by atoms with E-state index in [0.29, 0.717) is 11.3 Å². The Balaban J connectivity index is 2.80. The number of ether oxygens (including phenoxy) is 2. The van der Waals surface area contributed by atoms with Crippen molar-refractivity contribution in [2.45, 2.75) is 77.9 Å². The van der Waals surface area contributed by atoms with E-state index < -0.39 is 23.1 Å². The van der Waals surface area contributed by atoms with Crippen LogP contribution in [0.2, 0.25) is 0 Å². The van der Waals surface area contributed by atoms with E-state index in [0.717, 1.165) is 25.7 Å². The average Bonchev–Trinajstić information content (AvgIpc) is 2.61. The number of carboxylic acids is 1. The lowest BCUT2D eigenvalue weighted by Crippen LogP contribution is -2.58. The van der Waals surface area contributed by atoms with E-state index in [1.54, 1.807) is 45.0 Å². The highest BCUT2D eigenvalue weighted by Crippen LogP contribution is 2.21. The summed E-state index contributed by atoms with van der Waals surface area (Å²) >= 11 is 0. The van der Waals surface area contributed by atoms with Crippen molar-refractivity contribution < 1.29 is 29.0 Å². The highest BCUT2D eigenvalue weighted by Gasteiger charge is 2.45. The molecule has 2 atom stereocenters. The van der Waals surface area contributed by atoms with Crippen molar-refractivity contribution in [1.82, 2.24) is 0 Å². The van der Waals surface area contributed by atoms with Crippen molar-refractivity contribution in [2.24, 2.45) is 11.7 Å². The fraction of sp³-hybridized carbons (Fsp3) is 0.591. The number of nitrogens with two attached hydrogens (primary N) is 1. The Morgan fingerprint density at radius 3 is 2.17 bits per heavy atom. The molecule has 0 saturated heterocycles. The molecule has 0 radical (unpaired) electrons. The molecule has 0 saturated carbocycles. The van der Waals surface area contributed by atoms with Crippen LogP contribution in [0.15, 0.2) is 24.3 Å². The number of esters is 2. The number of benzene rings is 1. The van der Waals surface area contributed by atoms with Crippen LogP contribution < -0.4 is 10.5 Å². The molecule has 1 aromatic carbocycles. The second-order valence-corrected chi connectivity index (χ2v) is 8.42. The summed E-state index contributed by atoms with van der Waals surface area (Å²) in [6.45, 7) is 8.86. The van der Waals surface area contributed by atoms with E-state index in [-0.39, 0.29) is 18.3 Å². The second-order valence-electron chi connectivity index (χ2n) is 8.42. The van der Waals surface area contributed by atoms with E-state index in [1.165, 1.54) is 0 Å². The molecular weight excluding hydrogens is 374 g/mol. The number of hydrogen-bond acceptors (Lipinski definition) is 6. The number of aliphatic carboxylic acids is 1. The van der Waals surface area contributed by atoms with Crippen LogP contribution in [0, 0.1) is 5.92 Å². The molecule has 29 heavy (non-hydrogen) atoms. The lowest BCUT2D eigenvalue weighted by atomic mass is 9.91. The van der Waals surface area contributed by atoms with E-state index in [9.17, 15) is 19.5 Å². The molecule has 0 aromatic heterocycles. The van der Waals surface area contributed by atoms with Gasteiger partial charge < -0.3 is 20.3 Å². The molecule has 2 unspecified atom stereocenters. The maximum atomic E-state index is 12.3. The Morgan fingerprint density at radius 2 is 1.69 bits per heavy atom. The van der Waals surface area contributed by atoms with Gasteiger partial charge in [-0.2, -0.15) is 0 Å². The average molecular weight is 408 g/mol. The van der Waals surface area contributed by atoms with Gasteiger partial charge in [0, 0.05) is 6.42 Å². The topological polar surface area (TPSA) is 116 Å². The van der Waals surface area contributed by atoms with Gasteiger partial charge in [-0.05, 0) is 44.9 Å². The number of rotatable bonds is 10. The first-order valence-corrected chi connectivity index (χ1v) is 9.95. The predicted octanol–water partition coefficient (Wildman–Crippen LogP) is 3.47.